The van der Waals surface area contributed by atoms with E-state index < -0.39 is 0 Å². The molecule has 1 fully saturated rings. The molecule has 0 saturated heterocycles. The second-order valence-corrected chi connectivity index (χ2v) is 6.47. The van der Waals surface area contributed by atoms with Gasteiger partial charge >= 0.3 is 0 Å². The van der Waals surface area contributed by atoms with E-state index in [0.717, 1.165) is 5.69 Å². The van der Waals surface area contributed by atoms with Crippen molar-refractivity contribution >= 4 is 40.4 Å². The highest BCUT2D eigenvalue weighted by molar-refractivity contribution is 7.09. The van der Waals surface area contributed by atoms with Gasteiger partial charge in [-0.25, -0.2) is 4.98 Å². The summed E-state index contributed by atoms with van der Waals surface area (Å²) < 4.78 is 0. The summed E-state index contributed by atoms with van der Waals surface area (Å²) in [6.45, 7) is 0.433. The van der Waals surface area contributed by atoms with Crippen molar-refractivity contribution < 1.29 is 4.79 Å². The summed E-state index contributed by atoms with van der Waals surface area (Å²) in [5.41, 5.74) is 1.40. The minimum Gasteiger partial charge on any atom is -0.346 e. The maximum atomic E-state index is 12.0. The number of nitrogens with zero attached hydrogens (tertiary/aromatic N) is 1. The third kappa shape index (κ3) is 3.14. The summed E-state index contributed by atoms with van der Waals surface area (Å²) in [5.74, 6) is 0.476. The average Bonchev–Trinajstić information content (AvgIpc) is 3.18. The van der Waals surface area contributed by atoms with E-state index in [4.69, 9.17) is 23.2 Å². The number of amides is 1. The van der Waals surface area contributed by atoms with Crippen molar-refractivity contribution in [2.45, 2.75) is 25.3 Å². The lowest BCUT2D eigenvalue weighted by molar-refractivity contribution is 0.0950. The summed E-state index contributed by atoms with van der Waals surface area (Å²) in [7, 11) is 0. The number of hydrogen-bond acceptors (Lipinski definition) is 3. The summed E-state index contributed by atoms with van der Waals surface area (Å²) in [6.07, 6.45) is 2.48. The quantitative estimate of drug-likeness (QED) is 0.912. The normalized spacial score (nSPS) is 14.3. The molecule has 0 radical (unpaired) electrons. The molecule has 0 unspecified atom stereocenters. The fourth-order valence-corrected chi connectivity index (χ4v) is 3.12. The molecule has 3 nitrogen and oxygen atoms in total. The molecule has 1 aromatic heterocycles. The van der Waals surface area contributed by atoms with Crippen molar-refractivity contribution in [1.82, 2.24) is 10.3 Å². The zero-order valence-corrected chi connectivity index (χ0v) is 12.9. The SMILES string of the molecule is O=C(NCc1csc(C2CC2)n1)c1ccc(Cl)c(Cl)c1. The van der Waals surface area contributed by atoms with Gasteiger partial charge in [-0.05, 0) is 31.0 Å². The second-order valence-electron chi connectivity index (χ2n) is 4.76. The Labute approximate surface area is 130 Å². The highest BCUT2D eigenvalue weighted by Gasteiger charge is 2.26. The van der Waals surface area contributed by atoms with Crippen LogP contribution in [0.15, 0.2) is 23.6 Å². The molecule has 0 aliphatic heterocycles. The monoisotopic (exact) mass is 326 g/mol. The lowest BCUT2D eigenvalue weighted by Gasteiger charge is -2.04. The smallest absolute Gasteiger partial charge is 0.251 e. The first kappa shape index (κ1) is 13.9. The molecule has 1 heterocycles. The van der Waals surface area contributed by atoms with Crippen LogP contribution < -0.4 is 5.32 Å². The molecule has 0 spiro atoms. The van der Waals surface area contributed by atoms with Crippen molar-refractivity contribution in [3.05, 3.63) is 49.9 Å². The summed E-state index contributed by atoms with van der Waals surface area (Å²) in [4.78, 5) is 16.5. The molecule has 6 heteroatoms. The van der Waals surface area contributed by atoms with Crippen LogP contribution in [0.3, 0.4) is 0 Å². The van der Waals surface area contributed by atoms with Gasteiger partial charge in [-0.2, -0.15) is 0 Å². The Hall–Kier alpha value is -1.10. The minimum atomic E-state index is -0.176. The summed E-state index contributed by atoms with van der Waals surface area (Å²) in [5, 5.41) is 6.85. The van der Waals surface area contributed by atoms with E-state index in [1.54, 1.807) is 29.5 Å². The van der Waals surface area contributed by atoms with E-state index in [9.17, 15) is 4.79 Å². The molecule has 0 atom stereocenters. The number of nitrogens with one attached hydrogen (secondary N) is 1. The molecule has 2 aromatic rings. The summed E-state index contributed by atoms with van der Waals surface area (Å²) in [6, 6.07) is 4.84. The second kappa shape index (κ2) is 5.72. The first-order chi connectivity index (χ1) is 9.63. The van der Waals surface area contributed by atoms with Crippen molar-refractivity contribution in [3.8, 4) is 0 Å². The van der Waals surface area contributed by atoms with Crippen LogP contribution >= 0.6 is 34.5 Å². The molecule has 1 saturated carbocycles. The van der Waals surface area contributed by atoms with Gasteiger partial charge < -0.3 is 5.32 Å². The molecule has 1 amide bonds. The van der Waals surface area contributed by atoms with Crippen molar-refractivity contribution in [1.29, 1.82) is 0 Å². The highest BCUT2D eigenvalue weighted by atomic mass is 35.5. The zero-order valence-electron chi connectivity index (χ0n) is 10.5. The number of carbonyl (C=O) groups is 1. The van der Waals surface area contributed by atoms with Crippen molar-refractivity contribution in [2.24, 2.45) is 0 Å². The van der Waals surface area contributed by atoms with Gasteiger partial charge in [0.25, 0.3) is 5.91 Å². The number of carbonyl (C=O) groups excluding carboxylic acids is 1. The van der Waals surface area contributed by atoms with Crippen molar-refractivity contribution in [3.63, 3.8) is 0 Å². The molecule has 1 N–H and O–H groups in total. The maximum Gasteiger partial charge on any atom is 0.251 e. The molecule has 0 bridgehead atoms. The Bertz CT molecular complexity index is 652. The molecular formula is C14H12Cl2N2OS. The Balaban J connectivity index is 1.61. The third-order valence-electron chi connectivity index (χ3n) is 3.11. The fraction of sp³-hybridized carbons (Fsp3) is 0.286. The molecule has 1 aliphatic carbocycles. The fourth-order valence-electron chi connectivity index (χ4n) is 1.83. The first-order valence-electron chi connectivity index (χ1n) is 6.31. The third-order valence-corrected chi connectivity index (χ3v) is 4.90. The Morgan fingerprint density at radius 3 is 2.85 bits per heavy atom. The van der Waals surface area contributed by atoms with E-state index in [1.165, 1.54) is 17.8 Å². The van der Waals surface area contributed by atoms with Crippen LogP contribution in [0, 0.1) is 0 Å². The van der Waals surface area contributed by atoms with E-state index >= 15 is 0 Å². The molecule has 1 aliphatic rings. The number of hydrogen-bond donors (Lipinski definition) is 1. The number of thiazole rings is 1. The van der Waals surface area contributed by atoms with Crippen LogP contribution in [0.25, 0.3) is 0 Å². The predicted molar refractivity (Wildman–Crippen MR) is 81.7 cm³/mol. The van der Waals surface area contributed by atoms with Gasteiger partial charge in [0.05, 0.1) is 27.3 Å². The maximum absolute atomic E-state index is 12.0. The van der Waals surface area contributed by atoms with Gasteiger partial charge in [0.1, 0.15) is 0 Å². The van der Waals surface area contributed by atoms with E-state index in [2.05, 4.69) is 10.3 Å². The van der Waals surface area contributed by atoms with Crippen LogP contribution in [0.1, 0.15) is 39.8 Å². The lowest BCUT2D eigenvalue weighted by Crippen LogP contribution is -2.22. The van der Waals surface area contributed by atoms with E-state index in [-0.39, 0.29) is 5.91 Å². The van der Waals surface area contributed by atoms with E-state index in [0.29, 0.717) is 28.1 Å². The first-order valence-corrected chi connectivity index (χ1v) is 7.94. The number of halogens is 2. The number of aromatic nitrogens is 1. The molecule has 104 valence electrons. The van der Waals surface area contributed by atoms with Crippen LogP contribution in [0.5, 0.6) is 0 Å². The van der Waals surface area contributed by atoms with Crippen LogP contribution in [0.4, 0.5) is 0 Å². The van der Waals surface area contributed by atoms with Crippen LogP contribution in [0.2, 0.25) is 10.0 Å². The van der Waals surface area contributed by atoms with Crippen molar-refractivity contribution in [2.75, 3.05) is 0 Å². The summed E-state index contributed by atoms with van der Waals surface area (Å²) >= 11 is 13.4. The number of benzene rings is 1. The highest BCUT2D eigenvalue weighted by Crippen LogP contribution is 2.41. The number of rotatable bonds is 4. The van der Waals surface area contributed by atoms with Gasteiger partial charge in [-0.3, -0.25) is 4.79 Å². The molecule has 3 rings (SSSR count). The zero-order chi connectivity index (χ0) is 14.1. The Morgan fingerprint density at radius 1 is 1.35 bits per heavy atom. The lowest BCUT2D eigenvalue weighted by atomic mass is 10.2. The van der Waals surface area contributed by atoms with Crippen LogP contribution in [-0.2, 0) is 6.54 Å². The molecular weight excluding hydrogens is 315 g/mol. The largest absolute Gasteiger partial charge is 0.346 e. The van der Waals surface area contributed by atoms with Gasteiger partial charge in [0.2, 0.25) is 0 Å². The van der Waals surface area contributed by atoms with Crippen LogP contribution in [-0.4, -0.2) is 10.9 Å². The van der Waals surface area contributed by atoms with Gasteiger partial charge in [0.15, 0.2) is 0 Å². The Morgan fingerprint density at radius 2 is 2.15 bits per heavy atom. The Kier molecular flexibility index (Phi) is 3.96. The topological polar surface area (TPSA) is 42.0 Å². The molecule has 20 heavy (non-hydrogen) atoms. The average molecular weight is 327 g/mol. The van der Waals surface area contributed by atoms with Gasteiger partial charge in [-0.1, -0.05) is 23.2 Å². The molecule has 1 aromatic carbocycles. The van der Waals surface area contributed by atoms with Gasteiger partial charge in [-0.15, -0.1) is 11.3 Å². The predicted octanol–water partition coefficient (Wildman–Crippen LogP) is 4.26. The standard InChI is InChI=1S/C14H12Cl2N2OS/c15-11-4-3-9(5-12(11)16)13(19)17-6-10-7-20-14(18-10)8-1-2-8/h3-5,7-8H,1-2,6H2,(H,17,19). The van der Waals surface area contributed by atoms with E-state index in [1.807, 2.05) is 5.38 Å². The van der Waals surface area contributed by atoms with Gasteiger partial charge in [0, 0.05) is 16.9 Å². The minimum absolute atomic E-state index is 0.176.